The number of anilines is 1. The third kappa shape index (κ3) is 4.76. The van der Waals surface area contributed by atoms with Crippen LogP contribution in [-0.4, -0.2) is 6.04 Å². The van der Waals surface area contributed by atoms with E-state index in [0.717, 1.165) is 12.0 Å². The first kappa shape index (κ1) is 14.0. The summed E-state index contributed by atoms with van der Waals surface area (Å²) in [6.45, 7) is 6.28. The summed E-state index contributed by atoms with van der Waals surface area (Å²) in [5, 5.41) is 3.28. The molecule has 1 unspecified atom stereocenters. The van der Waals surface area contributed by atoms with Crippen molar-refractivity contribution in [2.75, 3.05) is 5.32 Å². The minimum atomic E-state index is -0.148. The summed E-state index contributed by atoms with van der Waals surface area (Å²) in [5.41, 5.74) is 1.64. The second kappa shape index (κ2) is 7.31. The molecular formula is C15H24FN. The Morgan fingerprint density at radius 2 is 2.00 bits per heavy atom. The van der Waals surface area contributed by atoms with E-state index in [2.05, 4.69) is 19.2 Å². The SMILES string of the molecule is CCCCCCC(C)Nc1c(C)cccc1F. The number of hydrogen-bond donors (Lipinski definition) is 1. The highest BCUT2D eigenvalue weighted by Crippen LogP contribution is 2.20. The molecule has 0 aliphatic carbocycles. The summed E-state index contributed by atoms with van der Waals surface area (Å²) in [6.07, 6.45) is 6.15. The minimum absolute atomic E-state index is 0.148. The molecule has 17 heavy (non-hydrogen) atoms. The highest BCUT2D eigenvalue weighted by atomic mass is 19.1. The zero-order valence-corrected chi connectivity index (χ0v) is 11.2. The fraction of sp³-hybridized carbons (Fsp3) is 0.600. The quantitative estimate of drug-likeness (QED) is 0.665. The fourth-order valence-corrected chi connectivity index (χ4v) is 2.01. The first-order valence-corrected chi connectivity index (χ1v) is 6.66. The van der Waals surface area contributed by atoms with Crippen LogP contribution in [-0.2, 0) is 0 Å². The van der Waals surface area contributed by atoms with E-state index < -0.39 is 0 Å². The summed E-state index contributed by atoms with van der Waals surface area (Å²) in [7, 11) is 0. The van der Waals surface area contributed by atoms with Crippen LogP contribution in [0.4, 0.5) is 10.1 Å². The number of rotatable bonds is 7. The number of benzene rings is 1. The molecule has 0 saturated carbocycles. The maximum atomic E-state index is 13.6. The molecule has 0 saturated heterocycles. The van der Waals surface area contributed by atoms with Crippen LogP contribution in [0.1, 0.15) is 51.5 Å². The summed E-state index contributed by atoms with van der Waals surface area (Å²) in [6, 6.07) is 5.54. The topological polar surface area (TPSA) is 12.0 Å². The summed E-state index contributed by atoms with van der Waals surface area (Å²) >= 11 is 0. The zero-order valence-electron chi connectivity index (χ0n) is 11.2. The lowest BCUT2D eigenvalue weighted by Gasteiger charge is -2.17. The summed E-state index contributed by atoms with van der Waals surface area (Å²) in [4.78, 5) is 0. The van der Waals surface area contributed by atoms with Gasteiger partial charge in [-0.05, 0) is 31.9 Å². The molecule has 1 N–H and O–H groups in total. The van der Waals surface area contributed by atoms with Gasteiger partial charge in [-0.3, -0.25) is 0 Å². The van der Waals surface area contributed by atoms with Crippen LogP contribution in [0.5, 0.6) is 0 Å². The molecule has 0 heterocycles. The molecule has 2 heteroatoms. The first-order chi connectivity index (χ1) is 8.15. The number of aryl methyl sites for hydroxylation is 1. The third-order valence-corrected chi connectivity index (χ3v) is 3.10. The molecular weight excluding hydrogens is 213 g/mol. The number of unbranched alkanes of at least 4 members (excludes halogenated alkanes) is 3. The van der Waals surface area contributed by atoms with E-state index in [1.54, 1.807) is 6.07 Å². The van der Waals surface area contributed by atoms with Gasteiger partial charge < -0.3 is 5.32 Å². The van der Waals surface area contributed by atoms with Crippen molar-refractivity contribution in [2.24, 2.45) is 0 Å². The predicted octanol–water partition coefficient (Wildman–Crippen LogP) is 4.90. The average Bonchev–Trinajstić information content (AvgIpc) is 2.30. The second-order valence-electron chi connectivity index (χ2n) is 4.83. The summed E-state index contributed by atoms with van der Waals surface area (Å²) in [5.74, 6) is -0.148. The third-order valence-electron chi connectivity index (χ3n) is 3.10. The van der Waals surface area contributed by atoms with Gasteiger partial charge in [0.05, 0.1) is 5.69 Å². The zero-order chi connectivity index (χ0) is 12.7. The van der Waals surface area contributed by atoms with Crippen LogP contribution in [0.25, 0.3) is 0 Å². The van der Waals surface area contributed by atoms with Crippen molar-refractivity contribution in [2.45, 2.75) is 58.9 Å². The largest absolute Gasteiger partial charge is 0.380 e. The molecule has 0 bridgehead atoms. The van der Waals surface area contributed by atoms with E-state index in [1.807, 2.05) is 13.0 Å². The fourth-order valence-electron chi connectivity index (χ4n) is 2.01. The minimum Gasteiger partial charge on any atom is -0.380 e. The number of para-hydroxylation sites is 1. The van der Waals surface area contributed by atoms with Crippen molar-refractivity contribution in [1.29, 1.82) is 0 Å². The van der Waals surface area contributed by atoms with Crippen LogP contribution < -0.4 is 5.32 Å². The van der Waals surface area contributed by atoms with Gasteiger partial charge >= 0.3 is 0 Å². The molecule has 96 valence electrons. The Hall–Kier alpha value is -1.05. The maximum absolute atomic E-state index is 13.6. The van der Waals surface area contributed by atoms with Crippen LogP contribution in [0, 0.1) is 12.7 Å². The molecule has 0 fully saturated rings. The molecule has 0 radical (unpaired) electrons. The van der Waals surface area contributed by atoms with Gasteiger partial charge in [-0.1, -0.05) is 44.7 Å². The Morgan fingerprint density at radius 1 is 1.24 bits per heavy atom. The molecule has 1 aromatic rings. The van der Waals surface area contributed by atoms with Gasteiger partial charge in [-0.2, -0.15) is 0 Å². The van der Waals surface area contributed by atoms with E-state index in [9.17, 15) is 4.39 Å². The van der Waals surface area contributed by atoms with Crippen LogP contribution in [0.3, 0.4) is 0 Å². The average molecular weight is 237 g/mol. The number of nitrogens with one attached hydrogen (secondary N) is 1. The van der Waals surface area contributed by atoms with Gasteiger partial charge in [-0.25, -0.2) is 4.39 Å². The van der Waals surface area contributed by atoms with Gasteiger partial charge in [0.1, 0.15) is 5.82 Å². The van der Waals surface area contributed by atoms with Gasteiger partial charge in [0.15, 0.2) is 0 Å². The highest BCUT2D eigenvalue weighted by molar-refractivity contribution is 5.52. The molecule has 0 aromatic heterocycles. The second-order valence-corrected chi connectivity index (χ2v) is 4.83. The molecule has 1 atom stereocenters. The predicted molar refractivity (Wildman–Crippen MR) is 73.0 cm³/mol. The Kier molecular flexibility index (Phi) is 6.03. The van der Waals surface area contributed by atoms with Crippen molar-refractivity contribution in [3.05, 3.63) is 29.6 Å². The molecule has 0 amide bonds. The maximum Gasteiger partial charge on any atom is 0.146 e. The van der Waals surface area contributed by atoms with Gasteiger partial charge in [0, 0.05) is 6.04 Å². The molecule has 0 aliphatic rings. The Bertz CT molecular complexity index is 315. The van der Waals surface area contributed by atoms with Crippen molar-refractivity contribution in [1.82, 2.24) is 0 Å². The lowest BCUT2D eigenvalue weighted by atomic mass is 10.1. The van der Waals surface area contributed by atoms with E-state index in [1.165, 1.54) is 31.7 Å². The summed E-state index contributed by atoms with van der Waals surface area (Å²) < 4.78 is 13.6. The lowest BCUT2D eigenvalue weighted by molar-refractivity contribution is 0.585. The molecule has 0 aliphatic heterocycles. The smallest absolute Gasteiger partial charge is 0.146 e. The van der Waals surface area contributed by atoms with Crippen LogP contribution in [0.2, 0.25) is 0 Å². The van der Waals surface area contributed by atoms with Crippen LogP contribution >= 0.6 is 0 Å². The van der Waals surface area contributed by atoms with Crippen molar-refractivity contribution < 1.29 is 4.39 Å². The Morgan fingerprint density at radius 3 is 2.65 bits per heavy atom. The lowest BCUT2D eigenvalue weighted by Crippen LogP contribution is -2.16. The van der Waals surface area contributed by atoms with E-state index >= 15 is 0 Å². The van der Waals surface area contributed by atoms with Crippen LogP contribution in [0.15, 0.2) is 18.2 Å². The first-order valence-electron chi connectivity index (χ1n) is 6.66. The van der Waals surface area contributed by atoms with Gasteiger partial charge in [0.25, 0.3) is 0 Å². The van der Waals surface area contributed by atoms with E-state index in [0.29, 0.717) is 11.7 Å². The van der Waals surface area contributed by atoms with Gasteiger partial charge in [0.2, 0.25) is 0 Å². The van der Waals surface area contributed by atoms with Crippen molar-refractivity contribution in [3.63, 3.8) is 0 Å². The number of halogens is 1. The number of hydrogen-bond acceptors (Lipinski definition) is 1. The van der Waals surface area contributed by atoms with Gasteiger partial charge in [-0.15, -0.1) is 0 Å². The molecule has 1 rings (SSSR count). The van der Waals surface area contributed by atoms with Crippen molar-refractivity contribution in [3.8, 4) is 0 Å². The molecule has 1 aromatic carbocycles. The normalized spacial score (nSPS) is 12.5. The standard InChI is InChI=1S/C15H24FN/c1-4-5-6-7-10-13(3)17-15-12(2)9-8-11-14(15)16/h8-9,11,13,17H,4-7,10H2,1-3H3. The van der Waals surface area contributed by atoms with Crippen molar-refractivity contribution >= 4 is 5.69 Å². The highest BCUT2D eigenvalue weighted by Gasteiger charge is 2.08. The Labute approximate surface area is 104 Å². The Balaban J connectivity index is 2.42. The molecule has 0 spiro atoms. The monoisotopic (exact) mass is 237 g/mol. The van der Waals surface area contributed by atoms with E-state index in [-0.39, 0.29) is 5.82 Å². The molecule has 1 nitrogen and oxygen atoms in total. The van der Waals surface area contributed by atoms with E-state index in [4.69, 9.17) is 0 Å².